The van der Waals surface area contributed by atoms with Gasteiger partial charge in [-0.3, -0.25) is 14.5 Å². The molecule has 2 aliphatic rings. The number of rotatable bonds is 7. The number of quaternary nitrogens is 1. The fourth-order valence-electron chi connectivity index (χ4n) is 4.06. The monoisotopic (exact) mass is 426 g/mol. The SMILES string of the molecule is COc1ccc([C@H](CNC(=O)CN2C(=O)COc3ccccc32)[NH+]2CCOCC2)cc1. The second-order valence-electron chi connectivity index (χ2n) is 7.64. The van der Waals surface area contributed by atoms with Crippen molar-refractivity contribution in [1.29, 1.82) is 0 Å². The molecule has 2 amide bonds. The molecule has 0 saturated carbocycles. The predicted octanol–water partition coefficient (Wildman–Crippen LogP) is 0.193. The van der Waals surface area contributed by atoms with Gasteiger partial charge in [0.25, 0.3) is 5.91 Å². The molecule has 2 N–H and O–H groups in total. The van der Waals surface area contributed by atoms with Crippen LogP contribution in [-0.2, 0) is 14.3 Å². The smallest absolute Gasteiger partial charge is 0.265 e. The molecule has 8 nitrogen and oxygen atoms in total. The summed E-state index contributed by atoms with van der Waals surface area (Å²) in [5.41, 5.74) is 1.75. The zero-order chi connectivity index (χ0) is 21.6. The summed E-state index contributed by atoms with van der Waals surface area (Å²) in [6.45, 7) is 3.54. The average Bonchev–Trinajstić information content (AvgIpc) is 2.82. The highest BCUT2D eigenvalue weighted by Crippen LogP contribution is 2.31. The number of para-hydroxylation sites is 2. The average molecular weight is 426 g/mol. The summed E-state index contributed by atoms with van der Waals surface area (Å²) >= 11 is 0. The minimum absolute atomic E-state index is 0.0347. The Labute approximate surface area is 181 Å². The van der Waals surface area contributed by atoms with Crippen LogP contribution in [-0.4, -0.2) is 64.9 Å². The van der Waals surface area contributed by atoms with E-state index in [0.717, 1.165) is 24.4 Å². The normalized spacial score (nSPS) is 17.5. The number of carbonyl (C=O) groups excluding carboxylic acids is 2. The minimum Gasteiger partial charge on any atom is -0.497 e. The van der Waals surface area contributed by atoms with E-state index in [0.29, 0.717) is 31.2 Å². The molecule has 1 saturated heterocycles. The van der Waals surface area contributed by atoms with Crippen LogP contribution in [0.25, 0.3) is 0 Å². The number of nitrogens with one attached hydrogen (secondary N) is 2. The first kappa shape index (κ1) is 21.1. The highest BCUT2D eigenvalue weighted by molar-refractivity contribution is 6.02. The standard InChI is InChI=1S/C23H27N3O5/c1-29-18-8-6-17(7-9-18)20(25-10-12-30-13-11-25)14-24-22(27)15-26-19-4-2-3-5-21(19)31-16-23(26)28/h2-9,20H,10-16H2,1H3,(H,24,27)/p+1/t20-/m0/s1. The van der Waals surface area contributed by atoms with Gasteiger partial charge in [-0.2, -0.15) is 0 Å². The fraction of sp³-hybridized carbons (Fsp3) is 0.391. The lowest BCUT2D eigenvalue weighted by molar-refractivity contribution is -0.937. The Balaban J connectivity index is 1.44. The highest BCUT2D eigenvalue weighted by atomic mass is 16.5. The Morgan fingerprint density at radius 2 is 1.90 bits per heavy atom. The van der Waals surface area contributed by atoms with Crippen molar-refractivity contribution in [2.24, 2.45) is 0 Å². The van der Waals surface area contributed by atoms with E-state index >= 15 is 0 Å². The fourth-order valence-corrected chi connectivity index (χ4v) is 4.06. The molecule has 4 rings (SSSR count). The molecule has 1 atom stereocenters. The van der Waals surface area contributed by atoms with E-state index in [9.17, 15) is 9.59 Å². The Morgan fingerprint density at radius 1 is 1.16 bits per heavy atom. The number of ether oxygens (including phenoxy) is 3. The van der Waals surface area contributed by atoms with Crippen molar-refractivity contribution in [3.05, 3.63) is 54.1 Å². The van der Waals surface area contributed by atoms with Crippen LogP contribution in [0.4, 0.5) is 5.69 Å². The van der Waals surface area contributed by atoms with Gasteiger partial charge in [0, 0.05) is 5.56 Å². The van der Waals surface area contributed by atoms with Crippen molar-refractivity contribution < 1.29 is 28.7 Å². The Kier molecular flexibility index (Phi) is 6.69. The lowest BCUT2D eigenvalue weighted by Crippen LogP contribution is -3.15. The topological polar surface area (TPSA) is 81.5 Å². The van der Waals surface area contributed by atoms with Gasteiger partial charge in [-0.1, -0.05) is 12.1 Å². The van der Waals surface area contributed by atoms with Crippen LogP contribution in [0.1, 0.15) is 11.6 Å². The maximum Gasteiger partial charge on any atom is 0.265 e. The van der Waals surface area contributed by atoms with E-state index in [1.54, 1.807) is 19.2 Å². The molecule has 2 aliphatic heterocycles. The molecule has 0 aliphatic carbocycles. The van der Waals surface area contributed by atoms with E-state index in [1.165, 1.54) is 9.80 Å². The Morgan fingerprint density at radius 3 is 2.65 bits per heavy atom. The highest BCUT2D eigenvalue weighted by Gasteiger charge is 2.29. The number of hydrogen-bond donors (Lipinski definition) is 2. The summed E-state index contributed by atoms with van der Waals surface area (Å²) in [5, 5.41) is 3.04. The van der Waals surface area contributed by atoms with Gasteiger partial charge in [0.1, 0.15) is 37.2 Å². The van der Waals surface area contributed by atoms with Crippen LogP contribution in [0, 0.1) is 0 Å². The second kappa shape index (κ2) is 9.80. The van der Waals surface area contributed by atoms with E-state index in [4.69, 9.17) is 14.2 Å². The number of morpholine rings is 1. The molecule has 0 radical (unpaired) electrons. The number of nitrogens with zero attached hydrogens (tertiary/aromatic N) is 1. The molecule has 0 spiro atoms. The van der Waals surface area contributed by atoms with Crippen LogP contribution < -0.4 is 24.6 Å². The van der Waals surface area contributed by atoms with E-state index < -0.39 is 0 Å². The molecule has 8 heteroatoms. The summed E-state index contributed by atoms with van der Waals surface area (Å²) in [6.07, 6.45) is 0. The number of benzene rings is 2. The van der Waals surface area contributed by atoms with Gasteiger partial charge in [-0.05, 0) is 36.4 Å². The zero-order valence-corrected chi connectivity index (χ0v) is 17.6. The van der Waals surface area contributed by atoms with E-state index in [1.807, 2.05) is 36.4 Å². The molecule has 2 heterocycles. The minimum atomic E-state index is -0.223. The quantitative estimate of drug-likeness (QED) is 0.661. The molecular formula is C23H28N3O5+. The van der Waals surface area contributed by atoms with Gasteiger partial charge >= 0.3 is 0 Å². The number of hydrogen-bond acceptors (Lipinski definition) is 5. The maximum atomic E-state index is 12.8. The lowest BCUT2D eigenvalue weighted by Gasteiger charge is -2.32. The van der Waals surface area contributed by atoms with Crippen molar-refractivity contribution in [3.8, 4) is 11.5 Å². The van der Waals surface area contributed by atoms with Crippen LogP contribution >= 0.6 is 0 Å². The Hall–Kier alpha value is -3.10. The molecular weight excluding hydrogens is 398 g/mol. The molecule has 2 aromatic rings. The van der Waals surface area contributed by atoms with E-state index in [-0.39, 0.29) is 31.0 Å². The summed E-state index contributed by atoms with van der Waals surface area (Å²) in [7, 11) is 1.64. The first-order chi connectivity index (χ1) is 15.2. The van der Waals surface area contributed by atoms with Crippen molar-refractivity contribution in [2.75, 3.05) is 58.0 Å². The van der Waals surface area contributed by atoms with Gasteiger partial charge in [-0.25, -0.2) is 0 Å². The van der Waals surface area contributed by atoms with Crippen molar-refractivity contribution >= 4 is 17.5 Å². The summed E-state index contributed by atoms with van der Waals surface area (Å²) < 4.78 is 16.2. The first-order valence-corrected chi connectivity index (χ1v) is 10.5. The largest absolute Gasteiger partial charge is 0.497 e. The maximum absolute atomic E-state index is 12.8. The second-order valence-corrected chi connectivity index (χ2v) is 7.64. The number of carbonyl (C=O) groups is 2. The van der Waals surface area contributed by atoms with Crippen molar-refractivity contribution in [1.82, 2.24) is 5.32 Å². The Bertz CT molecular complexity index is 912. The molecule has 164 valence electrons. The number of anilines is 1. The third-order valence-electron chi connectivity index (χ3n) is 5.76. The van der Waals surface area contributed by atoms with Gasteiger partial charge in [0.05, 0.1) is 32.6 Å². The number of fused-ring (bicyclic) bond motifs is 1. The van der Waals surface area contributed by atoms with Gasteiger partial charge in [0.15, 0.2) is 6.61 Å². The number of amides is 2. The van der Waals surface area contributed by atoms with Gasteiger partial charge in [-0.15, -0.1) is 0 Å². The summed E-state index contributed by atoms with van der Waals surface area (Å²) in [4.78, 5) is 28.0. The molecule has 0 unspecified atom stereocenters. The summed E-state index contributed by atoms with van der Waals surface area (Å²) in [5.74, 6) is 0.993. The molecule has 0 aromatic heterocycles. The van der Waals surface area contributed by atoms with Crippen molar-refractivity contribution in [2.45, 2.75) is 6.04 Å². The zero-order valence-electron chi connectivity index (χ0n) is 17.6. The molecule has 31 heavy (non-hydrogen) atoms. The number of methoxy groups -OCH3 is 1. The predicted molar refractivity (Wildman–Crippen MR) is 115 cm³/mol. The molecule has 1 fully saturated rings. The van der Waals surface area contributed by atoms with E-state index in [2.05, 4.69) is 5.32 Å². The third-order valence-corrected chi connectivity index (χ3v) is 5.76. The van der Waals surface area contributed by atoms with Crippen LogP contribution in [0.15, 0.2) is 48.5 Å². The lowest BCUT2D eigenvalue weighted by atomic mass is 10.0. The third kappa shape index (κ3) is 4.98. The molecule has 2 aromatic carbocycles. The first-order valence-electron chi connectivity index (χ1n) is 10.5. The van der Waals surface area contributed by atoms with Crippen LogP contribution in [0.2, 0.25) is 0 Å². The van der Waals surface area contributed by atoms with Gasteiger partial charge < -0.3 is 24.4 Å². The summed E-state index contributed by atoms with van der Waals surface area (Å²) in [6, 6.07) is 15.3. The van der Waals surface area contributed by atoms with Gasteiger partial charge in [0.2, 0.25) is 5.91 Å². The van der Waals surface area contributed by atoms with Crippen LogP contribution in [0.5, 0.6) is 11.5 Å². The molecule has 0 bridgehead atoms. The van der Waals surface area contributed by atoms with Crippen molar-refractivity contribution in [3.63, 3.8) is 0 Å². The van der Waals surface area contributed by atoms with Crippen LogP contribution in [0.3, 0.4) is 0 Å².